The van der Waals surface area contributed by atoms with Gasteiger partial charge in [-0.05, 0) is 44.2 Å². The Hall–Kier alpha value is -2.40. The number of likely N-dealkylation sites (tertiary alicyclic amines) is 1. The molecule has 1 amide bonds. The number of hydrogen-bond donors (Lipinski definition) is 0. The highest BCUT2D eigenvalue weighted by molar-refractivity contribution is 5.94. The summed E-state index contributed by atoms with van der Waals surface area (Å²) in [4.78, 5) is 14.7. The van der Waals surface area contributed by atoms with Crippen LogP contribution in [0.1, 0.15) is 58.1 Å². The lowest BCUT2D eigenvalue weighted by Crippen LogP contribution is -2.44. The molecule has 1 spiro atoms. The number of aryl methyl sites for hydroxylation is 2. The molecule has 5 heteroatoms. The van der Waals surface area contributed by atoms with E-state index in [1.165, 1.54) is 23.0 Å². The number of carbonyl (C=O) groups is 1. The Bertz CT molecular complexity index is 862. The fourth-order valence-electron chi connectivity index (χ4n) is 4.60. The van der Waals surface area contributed by atoms with Crippen molar-refractivity contribution in [2.45, 2.75) is 44.6 Å². The number of benzene rings is 1. The molecule has 142 valence electrons. The van der Waals surface area contributed by atoms with E-state index in [0.717, 1.165) is 32.4 Å². The molecule has 0 saturated carbocycles. The molecule has 0 N–H and O–H groups in total. The zero-order valence-corrected chi connectivity index (χ0v) is 16.0. The summed E-state index contributed by atoms with van der Waals surface area (Å²) in [6, 6.07) is 6.69. The largest absolute Gasteiger partial charge is 0.369 e. The monoisotopic (exact) mass is 366 g/mol. The van der Waals surface area contributed by atoms with Crippen molar-refractivity contribution in [3.05, 3.63) is 65.1 Å². The van der Waals surface area contributed by atoms with Gasteiger partial charge in [0.15, 0.2) is 0 Å². The van der Waals surface area contributed by atoms with Crippen LogP contribution in [-0.2, 0) is 10.2 Å². The molecule has 1 saturated heterocycles. The molecule has 1 unspecified atom stereocenters. The van der Waals surface area contributed by atoms with E-state index < -0.39 is 0 Å². The average Bonchev–Trinajstić information content (AvgIpc) is 3.22. The molecule has 1 aliphatic heterocycles. The van der Waals surface area contributed by atoms with Gasteiger partial charge in [0.1, 0.15) is 11.8 Å². The number of ether oxygens (including phenoxy) is 1. The Morgan fingerprint density at radius 2 is 2.19 bits per heavy atom. The van der Waals surface area contributed by atoms with Crippen molar-refractivity contribution in [1.82, 2.24) is 10.1 Å². The third-order valence-electron chi connectivity index (χ3n) is 6.11. The quantitative estimate of drug-likeness (QED) is 0.764. The first-order valence-electron chi connectivity index (χ1n) is 9.58. The van der Waals surface area contributed by atoms with Crippen LogP contribution in [0, 0.1) is 13.8 Å². The fraction of sp³-hybridized carbons (Fsp3) is 0.455. The standard InChI is InChI=1S/C22H26N2O3/c1-4-11-26-20-13-22(19-12-15(2)5-6-17(19)20)7-9-24(10-8-22)21(25)18-14-27-23-16(18)3/h4-6,12,14,20H,1,7-11,13H2,2-3H3. The van der Waals surface area contributed by atoms with Gasteiger partial charge in [-0.25, -0.2) is 0 Å². The summed E-state index contributed by atoms with van der Waals surface area (Å²) in [5.41, 5.74) is 5.30. The summed E-state index contributed by atoms with van der Waals surface area (Å²) < 4.78 is 11.0. The molecule has 1 atom stereocenters. The molecule has 4 rings (SSSR count). The second kappa shape index (κ2) is 6.97. The molecular formula is C22H26N2O3. The molecule has 2 aromatic rings. The van der Waals surface area contributed by atoms with Crippen molar-refractivity contribution in [3.8, 4) is 0 Å². The van der Waals surface area contributed by atoms with E-state index in [9.17, 15) is 4.79 Å². The number of piperidine rings is 1. The summed E-state index contributed by atoms with van der Waals surface area (Å²) in [5.74, 6) is 0.0190. The van der Waals surface area contributed by atoms with E-state index in [0.29, 0.717) is 17.9 Å². The number of amides is 1. The van der Waals surface area contributed by atoms with Crippen molar-refractivity contribution in [2.75, 3.05) is 19.7 Å². The molecular weight excluding hydrogens is 340 g/mol. The molecule has 1 fully saturated rings. The first kappa shape index (κ1) is 18.0. The van der Waals surface area contributed by atoms with Crippen LogP contribution in [0.5, 0.6) is 0 Å². The van der Waals surface area contributed by atoms with Crippen LogP contribution in [-0.4, -0.2) is 35.7 Å². The number of nitrogens with zero attached hydrogens (tertiary/aromatic N) is 2. The first-order chi connectivity index (χ1) is 13.0. The number of fused-ring (bicyclic) bond motifs is 2. The van der Waals surface area contributed by atoms with Crippen molar-refractivity contribution in [1.29, 1.82) is 0 Å². The van der Waals surface area contributed by atoms with Crippen LogP contribution in [0.15, 0.2) is 41.6 Å². The van der Waals surface area contributed by atoms with Crippen molar-refractivity contribution < 1.29 is 14.1 Å². The summed E-state index contributed by atoms with van der Waals surface area (Å²) in [7, 11) is 0. The van der Waals surface area contributed by atoms with Gasteiger partial charge in [-0.1, -0.05) is 35.0 Å². The maximum atomic E-state index is 12.8. The van der Waals surface area contributed by atoms with E-state index in [-0.39, 0.29) is 17.4 Å². The minimum Gasteiger partial charge on any atom is -0.369 e. The first-order valence-corrected chi connectivity index (χ1v) is 9.58. The number of hydrogen-bond acceptors (Lipinski definition) is 4. The van der Waals surface area contributed by atoms with Crippen LogP contribution in [0.25, 0.3) is 0 Å². The Morgan fingerprint density at radius 3 is 2.85 bits per heavy atom. The number of carbonyl (C=O) groups excluding carboxylic acids is 1. The minimum atomic E-state index is 0.0190. The zero-order chi connectivity index (χ0) is 19.0. The molecule has 2 heterocycles. The topological polar surface area (TPSA) is 55.6 Å². The van der Waals surface area contributed by atoms with Gasteiger partial charge in [0.05, 0.1) is 18.4 Å². The van der Waals surface area contributed by atoms with Gasteiger partial charge in [0.25, 0.3) is 5.91 Å². The van der Waals surface area contributed by atoms with Gasteiger partial charge >= 0.3 is 0 Å². The SMILES string of the molecule is C=CCOC1CC2(CCN(C(=O)c3conc3C)CC2)c2cc(C)ccc21. The van der Waals surface area contributed by atoms with Gasteiger partial charge in [-0.2, -0.15) is 0 Å². The predicted octanol–water partition coefficient (Wildman–Crippen LogP) is 4.11. The Labute approximate surface area is 160 Å². The smallest absolute Gasteiger partial charge is 0.259 e. The van der Waals surface area contributed by atoms with E-state index >= 15 is 0 Å². The Morgan fingerprint density at radius 1 is 1.41 bits per heavy atom. The highest BCUT2D eigenvalue weighted by Gasteiger charge is 2.46. The normalized spacial score (nSPS) is 20.7. The van der Waals surface area contributed by atoms with Gasteiger partial charge in [0.2, 0.25) is 0 Å². The number of aromatic nitrogens is 1. The summed E-state index contributed by atoms with van der Waals surface area (Å²) in [6.07, 6.45) is 6.26. The maximum absolute atomic E-state index is 12.8. The van der Waals surface area contributed by atoms with Crippen LogP contribution in [0.4, 0.5) is 0 Å². The van der Waals surface area contributed by atoms with Gasteiger partial charge in [0, 0.05) is 18.5 Å². The van der Waals surface area contributed by atoms with Crippen LogP contribution < -0.4 is 0 Å². The minimum absolute atomic E-state index is 0.0190. The molecule has 1 aliphatic carbocycles. The molecule has 27 heavy (non-hydrogen) atoms. The molecule has 1 aromatic carbocycles. The lowest BCUT2D eigenvalue weighted by Gasteiger charge is -2.40. The summed E-state index contributed by atoms with van der Waals surface area (Å²) >= 11 is 0. The second-order valence-corrected chi connectivity index (χ2v) is 7.79. The molecule has 5 nitrogen and oxygen atoms in total. The van der Waals surface area contributed by atoms with E-state index in [4.69, 9.17) is 9.26 Å². The van der Waals surface area contributed by atoms with E-state index in [1.54, 1.807) is 13.0 Å². The van der Waals surface area contributed by atoms with Crippen molar-refractivity contribution in [2.24, 2.45) is 0 Å². The highest BCUT2D eigenvalue weighted by atomic mass is 16.5. The van der Waals surface area contributed by atoms with Crippen molar-refractivity contribution in [3.63, 3.8) is 0 Å². The molecule has 1 aromatic heterocycles. The molecule has 2 aliphatic rings. The third kappa shape index (κ3) is 3.10. The van der Waals surface area contributed by atoms with Gasteiger partial charge in [-0.15, -0.1) is 6.58 Å². The lowest BCUT2D eigenvalue weighted by atomic mass is 9.73. The highest BCUT2D eigenvalue weighted by Crippen LogP contribution is 2.52. The molecule has 0 radical (unpaired) electrons. The Balaban J connectivity index is 1.55. The summed E-state index contributed by atoms with van der Waals surface area (Å²) in [5, 5.41) is 3.83. The Kier molecular flexibility index (Phi) is 4.64. The third-order valence-corrected chi connectivity index (χ3v) is 6.11. The van der Waals surface area contributed by atoms with Gasteiger partial charge in [-0.3, -0.25) is 4.79 Å². The number of rotatable bonds is 4. The molecule has 0 bridgehead atoms. The van der Waals surface area contributed by atoms with E-state index in [1.807, 2.05) is 4.90 Å². The maximum Gasteiger partial charge on any atom is 0.259 e. The van der Waals surface area contributed by atoms with Gasteiger partial charge < -0.3 is 14.2 Å². The predicted molar refractivity (Wildman–Crippen MR) is 103 cm³/mol. The van der Waals surface area contributed by atoms with Crippen molar-refractivity contribution >= 4 is 5.91 Å². The van der Waals surface area contributed by atoms with Crippen LogP contribution in [0.3, 0.4) is 0 Å². The van der Waals surface area contributed by atoms with Crippen LogP contribution in [0.2, 0.25) is 0 Å². The lowest BCUT2D eigenvalue weighted by molar-refractivity contribution is 0.0449. The van der Waals surface area contributed by atoms with Crippen LogP contribution >= 0.6 is 0 Å². The second-order valence-electron chi connectivity index (χ2n) is 7.79. The summed E-state index contributed by atoms with van der Waals surface area (Å²) in [6.45, 7) is 9.76. The average molecular weight is 366 g/mol. The zero-order valence-electron chi connectivity index (χ0n) is 16.0. The van der Waals surface area contributed by atoms with E-state index in [2.05, 4.69) is 36.9 Å². The fourth-order valence-corrected chi connectivity index (χ4v) is 4.60.